The molecule has 0 saturated heterocycles. The van der Waals surface area contributed by atoms with Crippen molar-refractivity contribution in [2.45, 2.75) is 42.6 Å². The SMILES string of the molecule is C[n+]1[c-]n(C2(c3cncc(C4(c5cncc(C6(c7cc(C(C)(C)C)ccn7)c7ccccc7-c7ccccc76)c5)c5ccccc5-c5ccccc54)c3)c3ccccc3-c3ccccc32)cc1. The first-order valence-corrected chi connectivity index (χ1v) is 23.2. The zero-order valence-electron chi connectivity index (χ0n) is 37.9. The number of pyridine rings is 3. The van der Waals surface area contributed by atoms with E-state index in [1.165, 1.54) is 72.3 Å². The summed E-state index contributed by atoms with van der Waals surface area (Å²) in [6.45, 7) is 6.83. The fourth-order valence-corrected chi connectivity index (χ4v) is 12.3. The molecule has 0 bridgehead atoms. The zero-order chi connectivity index (χ0) is 45.1. The Morgan fingerprint density at radius 1 is 0.463 bits per heavy atom. The van der Waals surface area contributed by atoms with Crippen molar-refractivity contribution in [3.05, 3.63) is 286 Å². The van der Waals surface area contributed by atoms with Gasteiger partial charge in [0.2, 0.25) is 6.33 Å². The maximum absolute atomic E-state index is 5.34. The van der Waals surface area contributed by atoms with E-state index in [-0.39, 0.29) is 5.41 Å². The first-order valence-electron chi connectivity index (χ1n) is 23.2. The fourth-order valence-electron chi connectivity index (χ4n) is 12.3. The first-order chi connectivity index (χ1) is 32.8. The second-order valence-electron chi connectivity index (χ2n) is 19.5. The molecule has 0 unspecified atom stereocenters. The van der Waals surface area contributed by atoms with Crippen molar-refractivity contribution in [3.63, 3.8) is 0 Å². The summed E-state index contributed by atoms with van der Waals surface area (Å²) >= 11 is 0. The molecule has 320 valence electrons. The van der Waals surface area contributed by atoms with Crippen LogP contribution in [0.5, 0.6) is 0 Å². The number of hydrogen-bond donors (Lipinski definition) is 0. The lowest BCUT2D eigenvalue weighted by Crippen LogP contribution is -2.38. The van der Waals surface area contributed by atoms with Crippen LogP contribution < -0.4 is 4.57 Å². The lowest BCUT2D eigenvalue weighted by molar-refractivity contribution is -0.675. The molecule has 0 atom stereocenters. The van der Waals surface area contributed by atoms with Gasteiger partial charge in [0.15, 0.2) is 5.54 Å². The highest BCUT2D eigenvalue weighted by molar-refractivity contribution is 5.89. The van der Waals surface area contributed by atoms with Crippen molar-refractivity contribution in [1.29, 1.82) is 0 Å². The van der Waals surface area contributed by atoms with Gasteiger partial charge in [0.1, 0.15) is 0 Å². The Morgan fingerprint density at radius 2 is 0.851 bits per heavy atom. The fraction of sp³-hybridized carbons (Fsp3) is 0.129. The zero-order valence-corrected chi connectivity index (χ0v) is 37.9. The van der Waals surface area contributed by atoms with Crippen LogP contribution in [-0.4, -0.2) is 19.5 Å². The van der Waals surface area contributed by atoms with Crippen LogP contribution in [0.3, 0.4) is 0 Å². The van der Waals surface area contributed by atoms with Gasteiger partial charge in [-0.2, -0.15) is 0 Å². The summed E-state index contributed by atoms with van der Waals surface area (Å²) < 4.78 is 4.26. The monoisotopic (exact) mass is 861 g/mol. The van der Waals surface area contributed by atoms with Crippen molar-refractivity contribution in [1.82, 2.24) is 19.5 Å². The molecule has 6 aromatic carbocycles. The Kier molecular flexibility index (Phi) is 8.36. The summed E-state index contributed by atoms with van der Waals surface area (Å²) in [7, 11) is 2.04. The molecule has 0 saturated carbocycles. The van der Waals surface area contributed by atoms with Crippen molar-refractivity contribution >= 4 is 0 Å². The Bertz CT molecular complexity index is 3490. The van der Waals surface area contributed by atoms with E-state index in [4.69, 9.17) is 15.0 Å². The molecular weight excluding hydrogens is 815 g/mol. The smallest absolute Gasteiger partial charge is 0.204 e. The third-order valence-corrected chi connectivity index (χ3v) is 15.1. The minimum absolute atomic E-state index is 0.0938. The summed E-state index contributed by atoms with van der Waals surface area (Å²) in [4.78, 5) is 16.0. The molecule has 0 aliphatic heterocycles. The quantitative estimate of drug-likeness (QED) is 0.124. The van der Waals surface area contributed by atoms with E-state index in [1.54, 1.807) is 0 Å². The van der Waals surface area contributed by atoms with Gasteiger partial charge in [-0.15, -0.1) is 0 Å². The van der Waals surface area contributed by atoms with Gasteiger partial charge in [-0.25, -0.2) is 0 Å². The second kappa shape index (κ2) is 14.2. The third kappa shape index (κ3) is 5.20. The van der Waals surface area contributed by atoms with Crippen LogP contribution in [0.2, 0.25) is 0 Å². The molecule has 5 heteroatoms. The molecule has 0 N–H and O–H groups in total. The van der Waals surface area contributed by atoms with Gasteiger partial charge >= 0.3 is 0 Å². The van der Waals surface area contributed by atoms with Crippen LogP contribution in [0.25, 0.3) is 33.4 Å². The van der Waals surface area contributed by atoms with Crippen LogP contribution >= 0.6 is 0 Å². The summed E-state index contributed by atoms with van der Waals surface area (Å²) in [6.07, 6.45) is 18.3. The molecule has 5 nitrogen and oxygen atoms in total. The number of fused-ring (bicyclic) bond motifs is 9. The van der Waals surface area contributed by atoms with Gasteiger partial charge in [-0.3, -0.25) is 15.0 Å². The number of hydrogen-bond acceptors (Lipinski definition) is 3. The standard InChI is InChI=1S/C62H47N5/c1-59(2,3)41-29-30-65-58(35-41)61(54-25-13-7-19-48(54)49-20-8-14-26-55(49)61)44-33-42(36-63-38-44)60(52-23-11-5-17-46(52)47-18-6-12-24-53(47)60)43-34-45(39-64-37-43)62(67-32-31-66(4)40-67)56-27-15-9-21-50(56)51-22-10-16-28-57(51)62/h5-39H,1-4H3. The van der Waals surface area contributed by atoms with E-state index in [0.29, 0.717) is 0 Å². The predicted octanol–water partition coefficient (Wildman–Crippen LogP) is 12.1. The molecule has 10 aromatic rings. The maximum atomic E-state index is 5.34. The van der Waals surface area contributed by atoms with Gasteiger partial charge in [-0.05, 0) is 120 Å². The van der Waals surface area contributed by atoms with Crippen LogP contribution in [0.4, 0.5) is 0 Å². The molecule has 0 fully saturated rings. The largest absolute Gasteiger partial charge is 0.354 e. The van der Waals surface area contributed by atoms with E-state index >= 15 is 0 Å². The van der Waals surface area contributed by atoms with Crippen molar-refractivity contribution in [3.8, 4) is 33.4 Å². The van der Waals surface area contributed by atoms with E-state index in [0.717, 1.165) is 27.9 Å². The van der Waals surface area contributed by atoms with Gasteiger partial charge in [0.05, 0.1) is 23.6 Å². The molecule has 0 radical (unpaired) electrons. The van der Waals surface area contributed by atoms with Crippen LogP contribution in [-0.2, 0) is 28.8 Å². The maximum Gasteiger partial charge on any atom is 0.204 e. The number of benzene rings is 6. The highest BCUT2D eigenvalue weighted by Gasteiger charge is 2.53. The van der Waals surface area contributed by atoms with Crippen molar-refractivity contribution < 1.29 is 4.57 Å². The minimum Gasteiger partial charge on any atom is -0.354 e. The first kappa shape index (κ1) is 39.4. The van der Waals surface area contributed by atoms with Crippen LogP contribution in [0, 0.1) is 6.33 Å². The van der Waals surface area contributed by atoms with E-state index in [1.807, 2.05) is 17.8 Å². The molecule has 67 heavy (non-hydrogen) atoms. The van der Waals surface area contributed by atoms with Crippen molar-refractivity contribution in [2.75, 3.05) is 0 Å². The molecule has 0 amide bonds. The number of nitrogens with zero attached hydrogens (tertiary/aromatic N) is 5. The van der Waals surface area contributed by atoms with Crippen LogP contribution in [0.15, 0.2) is 213 Å². The average molecular weight is 862 g/mol. The molecule has 4 aromatic heterocycles. The van der Waals surface area contributed by atoms with Gasteiger partial charge in [-0.1, -0.05) is 166 Å². The molecule has 3 aliphatic rings. The number of aryl methyl sites for hydroxylation is 1. The Hall–Kier alpha value is -8.02. The molecular formula is C62H47N5. The predicted molar refractivity (Wildman–Crippen MR) is 265 cm³/mol. The highest BCUT2D eigenvalue weighted by atomic mass is 15.2. The van der Waals surface area contributed by atoms with E-state index < -0.39 is 16.4 Å². The number of aromatic nitrogens is 5. The average Bonchev–Trinajstić information content (AvgIpc) is 4.11. The summed E-state index contributed by atoms with van der Waals surface area (Å²) in [6, 6.07) is 62.7. The van der Waals surface area contributed by atoms with Gasteiger partial charge < -0.3 is 9.13 Å². The third-order valence-electron chi connectivity index (χ3n) is 15.1. The summed E-state index contributed by atoms with van der Waals surface area (Å²) in [5, 5.41) is 0. The minimum atomic E-state index is -0.817. The highest BCUT2D eigenvalue weighted by Crippen LogP contribution is 2.60. The molecule has 3 aliphatic carbocycles. The topological polar surface area (TPSA) is 47.5 Å². The van der Waals surface area contributed by atoms with Gasteiger partial charge in [0.25, 0.3) is 0 Å². The van der Waals surface area contributed by atoms with Gasteiger partial charge in [0, 0.05) is 47.7 Å². The Morgan fingerprint density at radius 3 is 1.30 bits per heavy atom. The second-order valence-corrected chi connectivity index (χ2v) is 19.5. The number of imidazole rings is 1. The normalized spacial score (nSPS) is 15.2. The number of rotatable bonds is 6. The summed E-state index contributed by atoms with van der Waals surface area (Å²) in [5.41, 5.74) is 18.5. The lowest BCUT2D eigenvalue weighted by atomic mass is 9.65. The van der Waals surface area contributed by atoms with Crippen molar-refractivity contribution in [2.24, 2.45) is 7.05 Å². The Balaban J connectivity index is 1.13. The lowest BCUT2D eigenvalue weighted by Gasteiger charge is -2.38. The van der Waals surface area contributed by atoms with E-state index in [9.17, 15) is 0 Å². The Labute approximate surface area is 391 Å². The van der Waals surface area contributed by atoms with E-state index in [2.05, 4.69) is 239 Å². The molecule has 13 rings (SSSR count). The molecule has 4 heterocycles. The summed E-state index contributed by atoms with van der Waals surface area (Å²) in [5.74, 6) is 0. The molecule has 0 spiro atoms. The van der Waals surface area contributed by atoms with Crippen LogP contribution in [0.1, 0.15) is 87.7 Å².